The van der Waals surface area contributed by atoms with Crippen molar-refractivity contribution in [3.63, 3.8) is 0 Å². The van der Waals surface area contributed by atoms with Crippen molar-refractivity contribution in [3.05, 3.63) is 34.1 Å². The van der Waals surface area contributed by atoms with Gasteiger partial charge in [0.05, 0.1) is 0 Å². The minimum atomic E-state index is -0.166. The van der Waals surface area contributed by atoms with Gasteiger partial charge in [-0.25, -0.2) is 4.39 Å². The molecule has 1 N–H and O–H groups in total. The third-order valence-electron chi connectivity index (χ3n) is 3.53. The van der Waals surface area contributed by atoms with Crippen LogP contribution in [0.1, 0.15) is 37.7 Å². The molecule has 0 spiro atoms. The Morgan fingerprint density at radius 3 is 2.82 bits per heavy atom. The molecule has 94 valence electrons. The second kappa shape index (κ2) is 6.50. The minimum absolute atomic E-state index is 0.166. The van der Waals surface area contributed by atoms with Crippen LogP contribution in [0.4, 0.5) is 4.39 Å². The first-order valence-corrected chi connectivity index (χ1v) is 7.19. The molecule has 0 radical (unpaired) electrons. The number of nitrogens with one attached hydrogen (secondary N) is 1. The average Bonchev–Trinajstić information content (AvgIpc) is 2.82. The zero-order valence-corrected chi connectivity index (χ0v) is 11.6. The van der Waals surface area contributed by atoms with E-state index in [0.717, 1.165) is 29.0 Å². The normalized spacial score (nSPS) is 16.6. The van der Waals surface area contributed by atoms with Gasteiger partial charge in [-0.1, -0.05) is 41.6 Å². The quantitative estimate of drug-likeness (QED) is 0.801. The summed E-state index contributed by atoms with van der Waals surface area (Å²) in [6, 6.07) is 4.84. The second-order valence-electron chi connectivity index (χ2n) is 4.85. The fourth-order valence-electron chi connectivity index (χ4n) is 2.51. The molecule has 0 aromatic heterocycles. The van der Waals surface area contributed by atoms with Crippen molar-refractivity contribution in [1.29, 1.82) is 0 Å². The molecule has 0 amide bonds. The van der Waals surface area contributed by atoms with Crippen molar-refractivity contribution in [2.24, 2.45) is 5.92 Å². The molecular formula is C14H19BrFN. The van der Waals surface area contributed by atoms with Crippen LogP contribution in [0.25, 0.3) is 0 Å². The molecule has 1 aromatic rings. The Hall–Kier alpha value is -0.410. The van der Waals surface area contributed by atoms with Gasteiger partial charge in [-0.2, -0.15) is 0 Å². The van der Waals surface area contributed by atoms with Crippen molar-refractivity contribution in [2.75, 3.05) is 6.54 Å². The van der Waals surface area contributed by atoms with Gasteiger partial charge in [0.25, 0.3) is 0 Å². The summed E-state index contributed by atoms with van der Waals surface area (Å²) in [4.78, 5) is 0. The molecule has 17 heavy (non-hydrogen) atoms. The topological polar surface area (TPSA) is 12.0 Å². The van der Waals surface area contributed by atoms with E-state index in [4.69, 9.17) is 0 Å². The smallest absolute Gasteiger partial charge is 0.123 e. The number of benzene rings is 1. The van der Waals surface area contributed by atoms with Gasteiger partial charge < -0.3 is 5.32 Å². The maximum atomic E-state index is 13.1. The molecule has 1 aliphatic rings. The molecule has 1 saturated carbocycles. The predicted molar refractivity (Wildman–Crippen MR) is 72.4 cm³/mol. The molecule has 2 rings (SSSR count). The SMILES string of the molecule is Fc1ccc(Br)c(CNCCC2CCCC2)c1. The van der Waals surface area contributed by atoms with Crippen molar-refractivity contribution in [3.8, 4) is 0 Å². The summed E-state index contributed by atoms with van der Waals surface area (Å²) in [6.45, 7) is 1.78. The molecule has 1 aliphatic carbocycles. The van der Waals surface area contributed by atoms with Crippen LogP contribution in [-0.4, -0.2) is 6.54 Å². The Morgan fingerprint density at radius 1 is 1.29 bits per heavy atom. The summed E-state index contributed by atoms with van der Waals surface area (Å²) in [5, 5.41) is 3.40. The molecule has 1 nitrogen and oxygen atoms in total. The van der Waals surface area contributed by atoms with Crippen molar-refractivity contribution >= 4 is 15.9 Å². The van der Waals surface area contributed by atoms with E-state index >= 15 is 0 Å². The van der Waals surface area contributed by atoms with Crippen LogP contribution in [0.2, 0.25) is 0 Å². The van der Waals surface area contributed by atoms with Gasteiger partial charge in [-0.15, -0.1) is 0 Å². The summed E-state index contributed by atoms with van der Waals surface area (Å²) >= 11 is 3.44. The summed E-state index contributed by atoms with van der Waals surface area (Å²) in [5.74, 6) is 0.749. The maximum absolute atomic E-state index is 13.1. The predicted octanol–water partition coefficient (Wildman–Crippen LogP) is 4.26. The van der Waals surface area contributed by atoms with Gasteiger partial charge in [0.2, 0.25) is 0 Å². The van der Waals surface area contributed by atoms with Gasteiger partial charge in [-0.3, -0.25) is 0 Å². The third-order valence-corrected chi connectivity index (χ3v) is 4.30. The highest BCUT2D eigenvalue weighted by atomic mass is 79.9. The Balaban J connectivity index is 1.72. The monoisotopic (exact) mass is 299 g/mol. The average molecular weight is 300 g/mol. The van der Waals surface area contributed by atoms with Gasteiger partial charge in [0.1, 0.15) is 5.82 Å². The van der Waals surface area contributed by atoms with Crippen LogP contribution in [0.3, 0.4) is 0 Å². The van der Waals surface area contributed by atoms with Gasteiger partial charge >= 0.3 is 0 Å². The van der Waals surface area contributed by atoms with Crippen molar-refractivity contribution in [2.45, 2.75) is 38.6 Å². The number of rotatable bonds is 5. The second-order valence-corrected chi connectivity index (χ2v) is 5.71. The first-order valence-electron chi connectivity index (χ1n) is 6.40. The van der Waals surface area contributed by atoms with Crippen molar-refractivity contribution < 1.29 is 4.39 Å². The van der Waals surface area contributed by atoms with Gasteiger partial charge in [0, 0.05) is 11.0 Å². The number of halogens is 2. The first kappa shape index (κ1) is 13.0. The molecule has 0 aliphatic heterocycles. The third kappa shape index (κ3) is 4.07. The number of hydrogen-bond donors (Lipinski definition) is 1. The van der Waals surface area contributed by atoms with E-state index in [2.05, 4.69) is 21.2 Å². The van der Waals surface area contributed by atoms with Gasteiger partial charge in [-0.05, 0) is 42.6 Å². The van der Waals surface area contributed by atoms with E-state index in [-0.39, 0.29) is 5.82 Å². The molecule has 3 heteroatoms. The fraction of sp³-hybridized carbons (Fsp3) is 0.571. The molecule has 0 heterocycles. The number of hydrogen-bond acceptors (Lipinski definition) is 1. The molecular weight excluding hydrogens is 281 g/mol. The highest BCUT2D eigenvalue weighted by molar-refractivity contribution is 9.10. The molecule has 1 fully saturated rings. The molecule has 1 aromatic carbocycles. The van der Waals surface area contributed by atoms with E-state index in [9.17, 15) is 4.39 Å². The molecule has 0 bridgehead atoms. The molecule has 0 atom stereocenters. The van der Waals surface area contributed by atoms with E-state index in [1.807, 2.05) is 0 Å². The van der Waals surface area contributed by atoms with E-state index in [1.165, 1.54) is 38.2 Å². The van der Waals surface area contributed by atoms with Crippen LogP contribution in [-0.2, 0) is 6.54 Å². The van der Waals surface area contributed by atoms with E-state index in [0.29, 0.717) is 0 Å². The largest absolute Gasteiger partial charge is 0.313 e. The minimum Gasteiger partial charge on any atom is -0.313 e. The lowest BCUT2D eigenvalue weighted by Crippen LogP contribution is -2.17. The van der Waals surface area contributed by atoms with Gasteiger partial charge in [0.15, 0.2) is 0 Å². The Bertz CT molecular complexity index is 361. The highest BCUT2D eigenvalue weighted by Crippen LogP contribution is 2.27. The lowest BCUT2D eigenvalue weighted by Gasteiger charge is -2.10. The fourth-order valence-corrected chi connectivity index (χ4v) is 2.89. The van der Waals surface area contributed by atoms with E-state index in [1.54, 1.807) is 12.1 Å². The lowest BCUT2D eigenvalue weighted by atomic mass is 10.0. The lowest BCUT2D eigenvalue weighted by molar-refractivity contribution is 0.477. The van der Waals surface area contributed by atoms with Crippen molar-refractivity contribution in [1.82, 2.24) is 5.32 Å². The molecule has 0 unspecified atom stereocenters. The summed E-state index contributed by atoms with van der Waals surface area (Å²) in [5.41, 5.74) is 0.997. The van der Waals surface area contributed by atoms with Crippen LogP contribution in [0.5, 0.6) is 0 Å². The van der Waals surface area contributed by atoms with Crippen LogP contribution in [0, 0.1) is 11.7 Å². The van der Waals surface area contributed by atoms with Crippen LogP contribution < -0.4 is 5.32 Å². The van der Waals surface area contributed by atoms with E-state index < -0.39 is 0 Å². The zero-order chi connectivity index (χ0) is 12.1. The standard InChI is InChI=1S/C14H19BrFN/c15-14-6-5-13(16)9-12(14)10-17-8-7-11-3-1-2-4-11/h5-6,9,11,17H,1-4,7-8,10H2. The zero-order valence-electron chi connectivity index (χ0n) is 10.0. The molecule has 0 saturated heterocycles. The van der Waals surface area contributed by atoms with Crippen LogP contribution in [0.15, 0.2) is 22.7 Å². The Kier molecular flexibility index (Phi) is 4.99. The summed E-state index contributed by atoms with van der Waals surface area (Å²) in [7, 11) is 0. The highest BCUT2D eigenvalue weighted by Gasteiger charge is 2.13. The summed E-state index contributed by atoms with van der Waals surface area (Å²) < 4.78 is 14.0. The van der Waals surface area contributed by atoms with Crippen LogP contribution >= 0.6 is 15.9 Å². The maximum Gasteiger partial charge on any atom is 0.123 e. The summed E-state index contributed by atoms with van der Waals surface area (Å²) in [6.07, 6.45) is 6.85. The Morgan fingerprint density at radius 2 is 2.06 bits per heavy atom. The Labute approximate surface area is 111 Å². The first-order chi connectivity index (χ1) is 8.25.